The molecule has 0 aliphatic carbocycles. The van der Waals surface area contributed by atoms with Crippen LogP contribution in [0.25, 0.3) is 10.9 Å². The van der Waals surface area contributed by atoms with E-state index < -0.39 is 15.8 Å². The van der Waals surface area contributed by atoms with Crippen LogP contribution in [0.2, 0.25) is 0 Å². The maximum absolute atomic E-state index is 13.5. The Balaban J connectivity index is 2.26. The quantitative estimate of drug-likeness (QED) is 0.701. The lowest BCUT2D eigenvalue weighted by atomic mass is 10.1. The zero-order chi connectivity index (χ0) is 17.3. The number of aryl methyl sites for hydroxylation is 1. The monoisotopic (exact) mass is 347 g/mol. The van der Waals surface area contributed by atoms with Gasteiger partial charge in [0.15, 0.2) is 0 Å². The van der Waals surface area contributed by atoms with Crippen molar-refractivity contribution in [2.45, 2.75) is 24.7 Å². The number of aromatic nitrogens is 1. The smallest absolute Gasteiger partial charge is 0.268 e. The van der Waals surface area contributed by atoms with Crippen LogP contribution in [-0.4, -0.2) is 19.5 Å². The molecule has 6 heteroatoms. The molecular weight excluding hydrogens is 329 g/mol. The standard InChI is InChI=1S/C18H18FNO3S/c1-3-5-13-12-20(18-9-8-15(23-2)11-17(13)18)24(21,22)16-7-4-6-14(19)10-16/h4,6-12H,3,5H2,1-2H3. The molecule has 3 aromatic rings. The molecule has 0 atom stereocenters. The van der Waals surface area contributed by atoms with Gasteiger partial charge in [-0.1, -0.05) is 19.4 Å². The van der Waals surface area contributed by atoms with Crippen LogP contribution in [0.15, 0.2) is 53.6 Å². The molecule has 0 unspecified atom stereocenters. The van der Waals surface area contributed by atoms with Crippen LogP contribution in [0.4, 0.5) is 4.39 Å². The molecule has 1 aromatic heterocycles. The Kier molecular flexibility index (Phi) is 4.32. The zero-order valence-corrected chi connectivity index (χ0v) is 14.3. The van der Waals surface area contributed by atoms with Crippen molar-refractivity contribution in [3.8, 4) is 5.75 Å². The Bertz CT molecular complexity index is 993. The second-order valence-electron chi connectivity index (χ2n) is 5.55. The van der Waals surface area contributed by atoms with Gasteiger partial charge in [0.1, 0.15) is 11.6 Å². The Morgan fingerprint density at radius 2 is 1.96 bits per heavy atom. The third-order valence-corrected chi connectivity index (χ3v) is 5.60. The van der Waals surface area contributed by atoms with E-state index in [1.54, 1.807) is 25.4 Å². The molecule has 0 aliphatic rings. The molecule has 0 spiro atoms. The molecule has 3 rings (SSSR count). The van der Waals surface area contributed by atoms with Gasteiger partial charge in [0.2, 0.25) is 0 Å². The lowest BCUT2D eigenvalue weighted by Crippen LogP contribution is -2.12. The lowest BCUT2D eigenvalue weighted by molar-refractivity contribution is 0.415. The highest BCUT2D eigenvalue weighted by Gasteiger charge is 2.21. The second-order valence-corrected chi connectivity index (χ2v) is 7.36. The highest BCUT2D eigenvalue weighted by molar-refractivity contribution is 7.90. The maximum atomic E-state index is 13.5. The molecule has 126 valence electrons. The van der Waals surface area contributed by atoms with Gasteiger partial charge in [0.05, 0.1) is 17.5 Å². The predicted octanol–water partition coefficient (Wildman–Crippen LogP) is 3.98. The van der Waals surface area contributed by atoms with Crippen molar-refractivity contribution in [3.05, 3.63) is 60.0 Å². The van der Waals surface area contributed by atoms with Crippen molar-refractivity contribution in [3.63, 3.8) is 0 Å². The van der Waals surface area contributed by atoms with Gasteiger partial charge in [-0.2, -0.15) is 0 Å². The van der Waals surface area contributed by atoms with Gasteiger partial charge < -0.3 is 4.74 Å². The summed E-state index contributed by atoms with van der Waals surface area (Å²) in [5.41, 5.74) is 1.48. The third-order valence-electron chi connectivity index (χ3n) is 3.93. The summed E-state index contributed by atoms with van der Waals surface area (Å²) in [5, 5.41) is 0.830. The topological polar surface area (TPSA) is 48.3 Å². The molecule has 0 N–H and O–H groups in total. The minimum atomic E-state index is -3.87. The molecule has 1 heterocycles. The summed E-state index contributed by atoms with van der Waals surface area (Å²) in [7, 11) is -2.30. The van der Waals surface area contributed by atoms with Crippen LogP contribution in [0.1, 0.15) is 18.9 Å². The normalized spacial score (nSPS) is 11.8. The maximum Gasteiger partial charge on any atom is 0.268 e. The van der Waals surface area contributed by atoms with Crippen LogP contribution in [0.3, 0.4) is 0 Å². The van der Waals surface area contributed by atoms with Gasteiger partial charge in [0, 0.05) is 11.6 Å². The average molecular weight is 347 g/mol. The Morgan fingerprint density at radius 1 is 1.17 bits per heavy atom. The largest absolute Gasteiger partial charge is 0.497 e. The minimum absolute atomic E-state index is 0.0710. The summed E-state index contributed by atoms with van der Waals surface area (Å²) < 4.78 is 45.8. The van der Waals surface area contributed by atoms with E-state index in [2.05, 4.69) is 0 Å². The van der Waals surface area contributed by atoms with Crippen molar-refractivity contribution in [1.29, 1.82) is 0 Å². The van der Waals surface area contributed by atoms with E-state index in [9.17, 15) is 12.8 Å². The molecule has 4 nitrogen and oxygen atoms in total. The molecule has 0 aliphatic heterocycles. The van der Waals surface area contributed by atoms with Crippen LogP contribution in [0.5, 0.6) is 5.75 Å². The fourth-order valence-corrected chi connectivity index (χ4v) is 4.20. The number of halogens is 1. The number of nitrogens with zero attached hydrogens (tertiary/aromatic N) is 1. The molecule has 0 saturated heterocycles. The van der Waals surface area contributed by atoms with Gasteiger partial charge in [0.25, 0.3) is 10.0 Å². The first-order valence-corrected chi connectivity index (χ1v) is 9.10. The summed E-state index contributed by atoms with van der Waals surface area (Å²) in [6.45, 7) is 2.03. The fraction of sp³-hybridized carbons (Fsp3) is 0.222. The van der Waals surface area contributed by atoms with Gasteiger partial charge in [-0.05, 0) is 48.4 Å². The number of ether oxygens (including phenoxy) is 1. The van der Waals surface area contributed by atoms with E-state index in [0.717, 1.165) is 29.9 Å². The molecular formula is C18H18FNO3S. The third kappa shape index (κ3) is 2.78. The molecule has 0 radical (unpaired) electrons. The van der Waals surface area contributed by atoms with Gasteiger partial charge in [-0.25, -0.2) is 16.8 Å². The molecule has 24 heavy (non-hydrogen) atoms. The van der Waals surface area contributed by atoms with Crippen molar-refractivity contribution >= 4 is 20.9 Å². The Hall–Kier alpha value is -2.34. The van der Waals surface area contributed by atoms with Crippen LogP contribution in [-0.2, 0) is 16.4 Å². The summed E-state index contributed by atoms with van der Waals surface area (Å²) in [5.74, 6) is 0.0868. The predicted molar refractivity (Wildman–Crippen MR) is 91.5 cm³/mol. The van der Waals surface area contributed by atoms with Gasteiger partial charge >= 0.3 is 0 Å². The van der Waals surface area contributed by atoms with Crippen LogP contribution in [0, 0.1) is 5.82 Å². The van der Waals surface area contributed by atoms with E-state index in [4.69, 9.17) is 4.74 Å². The zero-order valence-electron chi connectivity index (χ0n) is 13.5. The van der Waals surface area contributed by atoms with Gasteiger partial charge in [-0.3, -0.25) is 0 Å². The first-order valence-electron chi connectivity index (χ1n) is 7.66. The number of benzene rings is 2. The number of hydrogen-bond donors (Lipinski definition) is 0. The van der Waals surface area contributed by atoms with E-state index in [0.29, 0.717) is 11.3 Å². The van der Waals surface area contributed by atoms with Crippen LogP contribution < -0.4 is 4.74 Å². The second kappa shape index (κ2) is 6.28. The molecule has 0 amide bonds. The van der Waals surface area contributed by atoms with E-state index in [1.807, 2.05) is 13.0 Å². The van der Waals surface area contributed by atoms with E-state index in [1.165, 1.54) is 22.2 Å². The number of rotatable bonds is 5. The SMILES string of the molecule is CCCc1cn(S(=O)(=O)c2cccc(F)c2)c2ccc(OC)cc12. The van der Waals surface area contributed by atoms with Crippen LogP contribution >= 0.6 is 0 Å². The van der Waals surface area contributed by atoms with Crippen molar-refractivity contribution < 1.29 is 17.5 Å². The van der Waals surface area contributed by atoms with Crippen molar-refractivity contribution in [1.82, 2.24) is 3.97 Å². The summed E-state index contributed by atoms with van der Waals surface area (Å²) >= 11 is 0. The molecule has 0 bridgehead atoms. The lowest BCUT2D eigenvalue weighted by Gasteiger charge is -2.08. The Labute approximate surface area is 140 Å². The molecule has 2 aromatic carbocycles. The number of methoxy groups -OCH3 is 1. The van der Waals surface area contributed by atoms with Gasteiger partial charge in [-0.15, -0.1) is 0 Å². The highest BCUT2D eigenvalue weighted by atomic mass is 32.2. The molecule has 0 saturated carbocycles. The van der Waals surface area contributed by atoms with E-state index >= 15 is 0 Å². The first kappa shape index (κ1) is 16.5. The summed E-state index contributed by atoms with van der Waals surface area (Å²) in [6, 6.07) is 10.3. The fourth-order valence-electron chi connectivity index (χ4n) is 2.78. The first-order chi connectivity index (χ1) is 11.5. The highest BCUT2D eigenvalue weighted by Crippen LogP contribution is 2.30. The summed E-state index contributed by atoms with van der Waals surface area (Å²) in [6.07, 6.45) is 3.25. The Morgan fingerprint density at radius 3 is 2.62 bits per heavy atom. The number of fused-ring (bicyclic) bond motifs is 1. The number of hydrogen-bond acceptors (Lipinski definition) is 3. The molecule has 0 fully saturated rings. The average Bonchev–Trinajstić information content (AvgIpc) is 2.94. The van der Waals surface area contributed by atoms with Crippen molar-refractivity contribution in [2.75, 3.05) is 7.11 Å². The van der Waals surface area contributed by atoms with Crippen molar-refractivity contribution in [2.24, 2.45) is 0 Å². The van der Waals surface area contributed by atoms with E-state index in [-0.39, 0.29) is 4.90 Å². The minimum Gasteiger partial charge on any atom is -0.497 e. The summed E-state index contributed by atoms with van der Waals surface area (Å²) in [4.78, 5) is -0.0710.